The van der Waals surface area contributed by atoms with E-state index in [9.17, 15) is 4.79 Å². The van der Waals surface area contributed by atoms with Gasteiger partial charge in [0.15, 0.2) is 0 Å². The van der Waals surface area contributed by atoms with E-state index in [-0.39, 0.29) is 18.1 Å². The van der Waals surface area contributed by atoms with Crippen LogP contribution in [0.25, 0.3) is 0 Å². The number of hydrogen-bond donors (Lipinski definition) is 0. The molecule has 0 N–H and O–H groups in total. The molecule has 0 bridgehead atoms. The molecule has 1 saturated heterocycles. The molecule has 5 nitrogen and oxygen atoms in total. The van der Waals surface area contributed by atoms with Gasteiger partial charge in [-0.25, -0.2) is 4.98 Å². The van der Waals surface area contributed by atoms with E-state index in [1.807, 2.05) is 18.7 Å². The van der Waals surface area contributed by atoms with Crippen molar-refractivity contribution in [3.63, 3.8) is 0 Å². The Bertz CT molecular complexity index is 388. The molecule has 1 aromatic rings. The van der Waals surface area contributed by atoms with Crippen LogP contribution in [0, 0.1) is 6.92 Å². The molecule has 1 fully saturated rings. The fourth-order valence-electron chi connectivity index (χ4n) is 1.97. The maximum Gasteiger partial charge on any atom is 0.323 e. The summed E-state index contributed by atoms with van der Waals surface area (Å²) < 4.78 is 10.2. The summed E-state index contributed by atoms with van der Waals surface area (Å²) in [7, 11) is 1.42. The number of likely N-dealkylation sites (tertiary alicyclic amines) is 1. The molecule has 2 rings (SSSR count). The van der Waals surface area contributed by atoms with E-state index in [2.05, 4.69) is 4.98 Å². The zero-order valence-corrected chi connectivity index (χ0v) is 9.77. The first kappa shape index (κ1) is 11.1. The quantitative estimate of drug-likeness (QED) is 0.724. The minimum absolute atomic E-state index is 0.0200. The molecular weight excluding hydrogens is 208 g/mol. The van der Waals surface area contributed by atoms with Gasteiger partial charge < -0.3 is 9.15 Å². The number of rotatable bonds is 3. The SMILES string of the molecule is COC(=O)C1CCN1C(C)c1ncc(C)o1. The van der Waals surface area contributed by atoms with E-state index >= 15 is 0 Å². The maximum absolute atomic E-state index is 11.4. The number of aromatic nitrogens is 1. The molecule has 0 aromatic carbocycles. The Labute approximate surface area is 94.4 Å². The fourth-order valence-corrected chi connectivity index (χ4v) is 1.97. The number of carbonyl (C=O) groups is 1. The van der Waals surface area contributed by atoms with Crippen molar-refractivity contribution < 1.29 is 13.9 Å². The standard InChI is InChI=1S/C11H16N2O3/c1-7-6-12-10(16-7)8(2)13-5-4-9(13)11(14)15-3/h6,8-9H,4-5H2,1-3H3. The van der Waals surface area contributed by atoms with E-state index in [0.717, 1.165) is 18.7 Å². The lowest BCUT2D eigenvalue weighted by molar-refractivity contribution is -0.154. The van der Waals surface area contributed by atoms with Gasteiger partial charge in [-0.1, -0.05) is 0 Å². The van der Waals surface area contributed by atoms with Gasteiger partial charge in [0, 0.05) is 6.54 Å². The summed E-state index contributed by atoms with van der Waals surface area (Å²) in [4.78, 5) is 17.6. The molecule has 2 unspecified atom stereocenters. The van der Waals surface area contributed by atoms with Crippen molar-refractivity contribution in [2.75, 3.05) is 13.7 Å². The highest BCUT2D eigenvalue weighted by atomic mass is 16.5. The predicted molar refractivity (Wildman–Crippen MR) is 56.8 cm³/mol. The molecular formula is C11H16N2O3. The molecule has 88 valence electrons. The fraction of sp³-hybridized carbons (Fsp3) is 0.636. The molecule has 1 aliphatic heterocycles. The first-order valence-electron chi connectivity index (χ1n) is 5.39. The molecule has 16 heavy (non-hydrogen) atoms. The van der Waals surface area contributed by atoms with Crippen LogP contribution in [0.15, 0.2) is 10.6 Å². The third-order valence-electron chi connectivity index (χ3n) is 3.03. The monoisotopic (exact) mass is 224 g/mol. The Balaban J connectivity index is 2.05. The van der Waals surface area contributed by atoms with Gasteiger partial charge >= 0.3 is 5.97 Å². The lowest BCUT2D eigenvalue weighted by atomic mass is 10.0. The van der Waals surface area contributed by atoms with Crippen molar-refractivity contribution in [3.8, 4) is 0 Å². The largest absolute Gasteiger partial charge is 0.468 e. The van der Waals surface area contributed by atoms with Crippen molar-refractivity contribution in [1.82, 2.24) is 9.88 Å². The van der Waals surface area contributed by atoms with Crippen LogP contribution in [0.1, 0.15) is 31.0 Å². The maximum atomic E-state index is 11.4. The Hall–Kier alpha value is -1.36. The van der Waals surface area contributed by atoms with Gasteiger partial charge in [-0.3, -0.25) is 9.69 Å². The van der Waals surface area contributed by atoms with Crippen molar-refractivity contribution in [2.45, 2.75) is 32.4 Å². The average Bonchev–Trinajstić information content (AvgIpc) is 2.63. The number of nitrogens with zero attached hydrogens (tertiary/aromatic N) is 2. The van der Waals surface area contributed by atoms with Gasteiger partial charge in [0.2, 0.25) is 5.89 Å². The number of carbonyl (C=O) groups excluding carboxylic acids is 1. The van der Waals surface area contributed by atoms with E-state index < -0.39 is 0 Å². The van der Waals surface area contributed by atoms with E-state index in [0.29, 0.717) is 5.89 Å². The molecule has 2 heterocycles. The Kier molecular flexibility index (Phi) is 2.96. The van der Waals surface area contributed by atoms with Gasteiger partial charge in [0.05, 0.1) is 19.3 Å². The van der Waals surface area contributed by atoms with Gasteiger partial charge in [0.1, 0.15) is 11.8 Å². The second-order valence-electron chi connectivity index (χ2n) is 4.05. The second kappa shape index (κ2) is 4.25. The van der Waals surface area contributed by atoms with Crippen LogP contribution in [-0.4, -0.2) is 35.5 Å². The molecule has 0 aliphatic carbocycles. The molecule has 1 aliphatic rings. The molecule has 0 saturated carbocycles. The van der Waals surface area contributed by atoms with Crippen LogP contribution >= 0.6 is 0 Å². The number of oxazole rings is 1. The number of methoxy groups -OCH3 is 1. The molecule has 5 heteroatoms. The van der Waals surface area contributed by atoms with Crippen LogP contribution in [0.5, 0.6) is 0 Å². The van der Waals surface area contributed by atoms with E-state index in [1.54, 1.807) is 6.20 Å². The summed E-state index contributed by atoms with van der Waals surface area (Å²) in [6.45, 7) is 4.72. The number of hydrogen-bond acceptors (Lipinski definition) is 5. The van der Waals surface area contributed by atoms with Crippen molar-refractivity contribution in [2.24, 2.45) is 0 Å². The summed E-state index contributed by atoms with van der Waals surface area (Å²) in [5.74, 6) is 1.27. The third-order valence-corrected chi connectivity index (χ3v) is 3.03. The van der Waals surface area contributed by atoms with Crippen LogP contribution in [-0.2, 0) is 9.53 Å². The molecule has 1 aromatic heterocycles. The topological polar surface area (TPSA) is 55.6 Å². The number of aryl methyl sites for hydroxylation is 1. The van der Waals surface area contributed by atoms with Gasteiger partial charge in [-0.15, -0.1) is 0 Å². The number of ether oxygens (including phenoxy) is 1. The molecule has 2 atom stereocenters. The Morgan fingerprint density at radius 2 is 2.50 bits per heavy atom. The molecule has 0 amide bonds. The third kappa shape index (κ3) is 1.82. The zero-order chi connectivity index (χ0) is 11.7. The Morgan fingerprint density at radius 3 is 2.94 bits per heavy atom. The zero-order valence-electron chi connectivity index (χ0n) is 9.77. The molecule has 0 radical (unpaired) electrons. The second-order valence-corrected chi connectivity index (χ2v) is 4.05. The van der Waals surface area contributed by atoms with Crippen LogP contribution < -0.4 is 0 Å². The average molecular weight is 224 g/mol. The summed E-state index contributed by atoms with van der Waals surface area (Å²) >= 11 is 0. The van der Waals surface area contributed by atoms with Gasteiger partial charge in [0.25, 0.3) is 0 Å². The highest BCUT2D eigenvalue weighted by Crippen LogP contribution is 2.30. The van der Waals surface area contributed by atoms with Crippen molar-refractivity contribution in [3.05, 3.63) is 17.8 Å². The summed E-state index contributed by atoms with van der Waals surface area (Å²) in [5, 5.41) is 0. The highest BCUT2D eigenvalue weighted by Gasteiger charge is 2.39. The smallest absolute Gasteiger partial charge is 0.323 e. The normalized spacial score (nSPS) is 22.6. The van der Waals surface area contributed by atoms with E-state index in [4.69, 9.17) is 9.15 Å². The lowest BCUT2D eigenvalue weighted by Gasteiger charge is -2.41. The van der Waals surface area contributed by atoms with Crippen molar-refractivity contribution in [1.29, 1.82) is 0 Å². The van der Waals surface area contributed by atoms with Crippen molar-refractivity contribution >= 4 is 5.97 Å². The lowest BCUT2D eigenvalue weighted by Crippen LogP contribution is -2.53. The predicted octanol–water partition coefficient (Wildman–Crippen LogP) is 1.29. The highest BCUT2D eigenvalue weighted by molar-refractivity contribution is 5.76. The van der Waals surface area contributed by atoms with Crippen LogP contribution in [0.2, 0.25) is 0 Å². The Morgan fingerprint density at radius 1 is 1.75 bits per heavy atom. The molecule has 0 spiro atoms. The minimum Gasteiger partial charge on any atom is -0.468 e. The summed E-state index contributed by atoms with van der Waals surface area (Å²) in [6, 6.07) is -0.126. The minimum atomic E-state index is -0.179. The van der Waals surface area contributed by atoms with Gasteiger partial charge in [-0.05, 0) is 20.3 Å². The van der Waals surface area contributed by atoms with Crippen LogP contribution in [0.3, 0.4) is 0 Å². The van der Waals surface area contributed by atoms with Gasteiger partial charge in [-0.2, -0.15) is 0 Å². The van der Waals surface area contributed by atoms with E-state index in [1.165, 1.54) is 7.11 Å². The summed E-state index contributed by atoms with van der Waals surface area (Å²) in [5.41, 5.74) is 0. The summed E-state index contributed by atoms with van der Waals surface area (Å²) in [6.07, 6.45) is 2.54. The number of esters is 1. The van der Waals surface area contributed by atoms with Crippen LogP contribution in [0.4, 0.5) is 0 Å². The first-order chi connectivity index (χ1) is 7.63. The first-order valence-corrected chi connectivity index (χ1v) is 5.39.